The van der Waals surface area contributed by atoms with Crippen molar-refractivity contribution >= 4 is 6.03 Å². The van der Waals surface area contributed by atoms with E-state index in [2.05, 4.69) is 59.2 Å². The quantitative estimate of drug-likeness (QED) is 0.809. The SMILES string of the molecule is NC(=O)N[C@H]1CN[C@@H](C(c2ccccc2)c2ccccc2)C1. The molecule has 114 valence electrons. The number of rotatable bonds is 4. The molecular formula is C18H21N3O. The van der Waals surface area contributed by atoms with E-state index in [0.717, 1.165) is 13.0 Å². The molecule has 1 aliphatic rings. The van der Waals surface area contributed by atoms with Crippen molar-refractivity contribution in [1.82, 2.24) is 10.6 Å². The normalized spacial score (nSPS) is 21.0. The predicted molar refractivity (Wildman–Crippen MR) is 87.6 cm³/mol. The number of urea groups is 1. The van der Waals surface area contributed by atoms with Crippen LogP contribution >= 0.6 is 0 Å². The lowest BCUT2D eigenvalue weighted by atomic mass is 9.84. The minimum absolute atomic E-state index is 0.0948. The lowest BCUT2D eigenvalue weighted by Gasteiger charge is -2.25. The molecule has 0 aromatic heterocycles. The average molecular weight is 295 g/mol. The summed E-state index contributed by atoms with van der Waals surface area (Å²) in [6, 6.07) is 20.9. The van der Waals surface area contributed by atoms with Gasteiger partial charge < -0.3 is 16.4 Å². The van der Waals surface area contributed by atoms with Crippen LogP contribution in [0.5, 0.6) is 0 Å². The van der Waals surface area contributed by atoms with Gasteiger partial charge in [0.2, 0.25) is 0 Å². The van der Waals surface area contributed by atoms with Crippen LogP contribution in [0, 0.1) is 0 Å². The van der Waals surface area contributed by atoms with Crippen LogP contribution in [-0.4, -0.2) is 24.7 Å². The third kappa shape index (κ3) is 3.28. The number of hydrogen-bond donors (Lipinski definition) is 3. The standard InChI is InChI=1S/C18H21N3O/c19-18(22)21-15-11-16(20-12-15)17(13-7-3-1-4-8-13)14-9-5-2-6-10-14/h1-10,15-17,20H,11-12H2,(H3,19,21,22)/t15-,16-/m1/s1. The minimum Gasteiger partial charge on any atom is -0.352 e. The number of amides is 2. The smallest absolute Gasteiger partial charge is 0.312 e. The van der Waals surface area contributed by atoms with E-state index >= 15 is 0 Å². The van der Waals surface area contributed by atoms with E-state index in [0.29, 0.717) is 0 Å². The van der Waals surface area contributed by atoms with Gasteiger partial charge in [-0.1, -0.05) is 60.7 Å². The summed E-state index contributed by atoms with van der Waals surface area (Å²) in [6.45, 7) is 0.754. The number of nitrogens with one attached hydrogen (secondary N) is 2. The molecule has 2 aromatic rings. The summed E-state index contributed by atoms with van der Waals surface area (Å²) in [6.07, 6.45) is 0.872. The van der Waals surface area contributed by atoms with Gasteiger partial charge in [-0.2, -0.15) is 0 Å². The Morgan fingerprint density at radius 2 is 1.59 bits per heavy atom. The van der Waals surface area contributed by atoms with Gasteiger partial charge in [-0.05, 0) is 17.5 Å². The van der Waals surface area contributed by atoms with Crippen molar-refractivity contribution in [3.8, 4) is 0 Å². The minimum atomic E-state index is -0.455. The Hall–Kier alpha value is -2.33. The van der Waals surface area contributed by atoms with E-state index < -0.39 is 6.03 Å². The third-order valence-electron chi connectivity index (χ3n) is 4.23. The zero-order chi connectivity index (χ0) is 15.4. The summed E-state index contributed by atoms with van der Waals surface area (Å²) in [5.41, 5.74) is 7.80. The number of primary amides is 1. The second-order valence-electron chi connectivity index (χ2n) is 5.75. The summed E-state index contributed by atoms with van der Waals surface area (Å²) in [7, 11) is 0. The van der Waals surface area contributed by atoms with Crippen molar-refractivity contribution in [1.29, 1.82) is 0 Å². The Morgan fingerprint density at radius 1 is 1.05 bits per heavy atom. The van der Waals surface area contributed by atoms with Gasteiger partial charge in [0.1, 0.15) is 0 Å². The van der Waals surface area contributed by atoms with Crippen LogP contribution < -0.4 is 16.4 Å². The molecule has 0 aliphatic carbocycles. The van der Waals surface area contributed by atoms with Crippen molar-refractivity contribution in [2.45, 2.75) is 24.4 Å². The van der Waals surface area contributed by atoms with Gasteiger partial charge in [-0.3, -0.25) is 0 Å². The molecule has 2 aromatic carbocycles. The van der Waals surface area contributed by atoms with Crippen LogP contribution in [0.15, 0.2) is 60.7 Å². The largest absolute Gasteiger partial charge is 0.352 e. The van der Waals surface area contributed by atoms with Gasteiger partial charge in [-0.25, -0.2) is 4.79 Å². The topological polar surface area (TPSA) is 67.2 Å². The molecule has 1 saturated heterocycles. The Kier molecular flexibility index (Phi) is 4.39. The first-order chi connectivity index (χ1) is 10.7. The molecule has 1 aliphatic heterocycles. The fourth-order valence-corrected chi connectivity index (χ4v) is 3.31. The molecule has 1 heterocycles. The summed E-state index contributed by atoms with van der Waals surface area (Å²) < 4.78 is 0. The molecule has 2 atom stereocenters. The van der Waals surface area contributed by atoms with Crippen LogP contribution in [0.2, 0.25) is 0 Å². The lowest BCUT2D eigenvalue weighted by Crippen LogP contribution is -2.39. The molecule has 0 spiro atoms. The van der Waals surface area contributed by atoms with Crippen molar-refractivity contribution in [3.05, 3.63) is 71.8 Å². The van der Waals surface area contributed by atoms with Crippen LogP contribution in [0.1, 0.15) is 23.5 Å². The number of nitrogens with two attached hydrogens (primary N) is 1. The highest BCUT2D eigenvalue weighted by Crippen LogP contribution is 2.31. The molecular weight excluding hydrogens is 274 g/mol. The number of hydrogen-bond acceptors (Lipinski definition) is 2. The van der Waals surface area contributed by atoms with Crippen molar-refractivity contribution in [3.63, 3.8) is 0 Å². The van der Waals surface area contributed by atoms with Crippen molar-refractivity contribution in [2.24, 2.45) is 5.73 Å². The molecule has 0 unspecified atom stereocenters. The second-order valence-corrected chi connectivity index (χ2v) is 5.75. The zero-order valence-corrected chi connectivity index (χ0v) is 12.4. The lowest BCUT2D eigenvalue weighted by molar-refractivity contribution is 0.246. The van der Waals surface area contributed by atoms with Gasteiger partial charge in [-0.15, -0.1) is 0 Å². The highest BCUT2D eigenvalue weighted by Gasteiger charge is 2.32. The first kappa shape index (κ1) is 14.6. The molecule has 0 radical (unpaired) electrons. The number of benzene rings is 2. The maximum Gasteiger partial charge on any atom is 0.312 e. The van der Waals surface area contributed by atoms with Gasteiger partial charge in [0.25, 0.3) is 0 Å². The molecule has 22 heavy (non-hydrogen) atoms. The highest BCUT2D eigenvalue weighted by atomic mass is 16.2. The van der Waals surface area contributed by atoms with E-state index in [4.69, 9.17) is 5.73 Å². The van der Waals surface area contributed by atoms with Crippen LogP contribution in [-0.2, 0) is 0 Å². The van der Waals surface area contributed by atoms with Gasteiger partial charge in [0, 0.05) is 24.5 Å². The maximum atomic E-state index is 11.1. The van der Waals surface area contributed by atoms with E-state index in [1.54, 1.807) is 0 Å². The Balaban J connectivity index is 1.86. The number of carbonyl (C=O) groups excluding carboxylic acids is 1. The molecule has 2 amide bonds. The molecule has 4 nitrogen and oxygen atoms in total. The summed E-state index contributed by atoms with van der Waals surface area (Å²) in [5, 5.41) is 6.34. The monoisotopic (exact) mass is 295 g/mol. The second kappa shape index (κ2) is 6.62. The Morgan fingerprint density at radius 3 is 2.09 bits per heavy atom. The summed E-state index contributed by atoms with van der Waals surface area (Å²) >= 11 is 0. The van der Waals surface area contributed by atoms with Crippen LogP contribution in [0.4, 0.5) is 4.79 Å². The molecule has 4 heteroatoms. The van der Waals surface area contributed by atoms with E-state index in [1.807, 2.05) is 12.1 Å². The molecule has 1 fully saturated rings. The van der Waals surface area contributed by atoms with Gasteiger partial charge >= 0.3 is 6.03 Å². The molecule has 4 N–H and O–H groups in total. The molecule has 0 bridgehead atoms. The Bertz CT molecular complexity index is 575. The van der Waals surface area contributed by atoms with Gasteiger partial charge in [0.05, 0.1) is 0 Å². The maximum absolute atomic E-state index is 11.1. The first-order valence-corrected chi connectivity index (χ1v) is 7.63. The predicted octanol–water partition coefficient (Wildman–Crippen LogP) is 2.22. The summed E-state index contributed by atoms with van der Waals surface area (Å²) in [4.78, 5) is 11.1. The fraction of sp³-hybridized carbons (Fsp3) is 0.278. The van der Waals surface area contributed by atoms with E-state index in [9.17, 15) is 4.79 Å². The fourth-order valence-electron chi connectivity index (χ4n) is 3.31. The van der Waals surface area contributed by atoms with Crippen LogP contribution in [0.3, 0.4) is 0 Å². The first-order valence-electron chi connectivity index (χ1n) is 7.63. The third-order valence-corrected chi connectivity index (χ3v) is 4.23. The zero-order valence-electron chi connectivity index (χ0n) is 12.4. The number of carbonyl (C=O) groups is 1. The van der Waals surface area contributed by atoms with Crippen LogP contribution in [0.25, 0.3) is 0 Å². The summed E-state index contributed by atoms with van der Waals surface area (Å²) in [5.74, 6) is 0.266. The highest BCUT2D eigenvalue weighted by molar-refractivity contribution is 5.72. The Labute approximate surface area is 130 Å². The average Bonchev–Trinajstić information content (AvgIpc) is 2.97. The van der Waals surface area contributed by atoms with E-state index in [1.165, 1.54) is 11.1 Å². The van der Waals surface area contributed by atoms with Crippen molar-refractivity contribution < 1.29 is 4.79 Å². The van der Waals surface area contributed by atoms with Crippen molar-refractivity contribution in [2.75, 3.05) is 6.54 Å². The van der Waals surface area contributed by atoms with Gasteiger partial charge in [0.15, 0.2) is 0 Å². The molecule has 0 saturated carbocycles. The van der Waals surface area contributed by atoms with E-state index in [-0.39, 0.29) is 18.0 Å². The molecule has 3 rings (SSSR count).